The zero-order valence-corrected chi connectivity index (χ0v) is 47.1. The smallest absolute Gasteiger partial charge is 0.337 e. The first kappa shape index (κ1) is 54.0. The molecule has 0 saturated heterocycles. The molecule has 0 amide bonds. The lowest BCUT2D eigenvalue weighted by Gasteiger charge is -2.52. The number of nitrogens with two attached hydrogens (primary N) is 1. The van der Waals surface area contributed by atoms with E-state index in [2.05, 4.69) is 59.4 Å². The van der Waals surface area contributed by atoms with Crippen molar-refractivity contribution in [3.63, 3.8) is 0 Å². The zero-order valence-electron chi connectivity index (χ0n) is 47.1. The number of benzene rings is 3. The summed E-state index contributed by atoms with van der Waals surface area (Å²) in [5.41, 5.74) is 14.7. The van der Waals surface area contributed by atoms with E-state index in [0.717, 1.165) is 56.2 Å². The van der Waals surface area contributed by atoms with Crippen LogP contribution in [0.1, 0.15) is 141 Å². The van der Waals surface area contributed by atoms with Crippen LogP contribution in [0.15, 0.2) is 128 Å². The fourth-order valence-electron chi connectivity index (χ4n) is 17.5. The normalized spacial score (nSPS) is 33.7. The third-order valence-electron chi connectivity index (χ3n) is 21.3. The average molecular weight is 1130 g/mol. The van der Waals surface area contributed by atoms with Crippen molar-refractivity contribution in [1.29, 1.82) is 0 Å². The minimum Gasteiger partial charge on any atom is -0.508 e. The van der Waals surface area contributed by atoms with Crippen LogP contribution in [0.2, 0.25) is 0 Å². The summed E-state index contributed by atoms with van der Waals surface area (Å²) < 4.78 is 21.6. The van der Waals surface area contributed by atoms with Crippen LogP contribution in [0.3, 0.4) is 0 Å². The molecule has 14 atom stereocenters. The number of aromatic hydroxyl groups is 2. The molecule has 5 aliphatic heterocycles. The highest BCUT2D eigenvalue weighted by Gasteiger charge is 2.60. The molecule has 5 aliphatic carbocycles. The Morgan fingerprint density at radius 2 is 1.84 bits per heavy atom. The minimum atomic E-state index is -1.68. The van der Waals surface area contributed by atoms with E-state index < -0.39 is 77.4 Å². The van der Waals surface area contributed by atoms with E-state index in [1.54, 1.807) is 25.1 Å². The van der Waals surface area contributed by atoms with Crippen LogP contribution in [0.5, 0.6) is 17.2 Å². The molecule has 6 bridgehead atoms. The lowest BCUT2D eigenvalue weighted by molar-refractivity contribution is -0.171. The molecule has 2 saturated carbocycles. The number of allylic oxidation sites excluding steroid dienone is 6. The number of carbonyl (C=O) groups is 1. The van der Waals surface area contributed by atoms with Gasteiger partial charge in [-0.1, -0.05) is 54.6 Å². The Kier molecular flexibility index (Phi) is 13.1. The van der Waals surface area contributed by atoms with Crippen molar-refractivity contribution >= 4 is 22.5 Å². The van der Waals surface area contributed by atoms with E-state index >= 15 is 4.79 Å². The molecule has 10 aliphatic rings. The van der Waals surface area contributed by atoms with Crippen LogP contribution in [0.25, 0.3) is 16.5 Å². The molecule has 12 N–H and O–H groups in total. The second-order valence-electron chi connectivity index (χ2n) is 25.4. The molecular weight excluding hydrogens is 1050 g/mol. The molecule has 2 fully saturated rings. The summed E-state index contributed by atoms with van der Waals surface area (Å²) in [6, 6.07) is 12.5. The Bertz CT molecular complexity index is 3720. The number of rotatable bonds is 7. The van der Waals surface area contributed by atoms with E-state index in [9.17, 15) is 40.5 Å². The average Bonchev–Trinajstić information content (AvgIpc) is 2.48. The maximum atomic E-state index is 15.9. The van der Waals surface area contributed by atoms with Gasteiger partial charge in [0.2, 0.25) is 0 Å². The topological polar surface area (TPSA) is 269 Å². The van der Waals surface area contributed by atoms with Gasteiger partial charge in [-0.25, -0.2) is 4.79 Å². The van der Waals surface area contributed by atoms with Gasteiger partial charge in [0, 0.05) is 72.7 Å². The highest BCUT2D eigenvalue weighted by Crippen LogP contribution is 2.63. The van der Waals surface area contributed by atoms with Crippen LogP contribution in [0.4, 0.5) is 0 Å². The Balaban J connectivity index is 0.985. The Labute approximate surface area is 481 Å². The number of dihydropyridines is 2. The number of aliphatic hydroxyl groups excluding tert-OH is 4. The maximum absolute atomic E-state index is 15.9. The van der Waals surface area contributed by atoms with Gasteiger partial charge >= 0.3 is 5.97 Å². The van der Waals surface area contributed by atoms with Crippen molar-refractivity contribution in [1.82, 2.24) is 16.0 Å². The van der Waals surface area contributed by atoms with Crippen LogP contribution in [-0.2, 0) is 29.0 Å². The summed E-state index contributed by atoms with van der Waals surface area (Å²) in [5, 5.41) is 92.7. The SMILES string of the molecule is C/C=C(\C(=O)O[C@@H]1Cc2c3c(c4oc(CO)cc(=O)c4c2O)[C@@H]2C4=CCNC(N)=C4[C@@H](CCc4ccc(O)cc4[C@H]2CO)[C@@H]2CCC4=C5C=C[C@H](C)NC5NC=C4C[C@@H]2[C@]1(C)O3)[C@@]1(O)C[C@H]2C[C@@H]1C=C1C[C@@H](CCO)[C@H](O)c3cccc2c31. The number of ether oxygens (including phenoxy) is 2. The highest BCUT2D eigenvalue weighted by atomic mass is 16.6. The van der Waals surface area contributed by atoms with E-state index in [-0.39, 0.29) is 94.7 Å². The number of esters is 1. The van der Waals surface area contributed by atoms with Crippen LogP contribution >= 0.6 is 0 Å². The number of aryl methyl sites for hydroxylation is 1. The van der Waals surface area contributed by atoms with Gasteiger partial charge in [-0.2, -0.15) is 0 Å². The molecule has 1 unspecified atom stereocenters. The van der Waals surface area contributed by atoms with Crippen molar-refractivity contribution in [3.05, 3.63) is 173 Å². The molecule has 16 nitrogen and oxygen atoms in total. The maximum Gasteiger partial charge on any atom is 0.337 e. The van der Waals surface area contributed by atoms with Crippen molar-refractivity contribution < 1.29 is 54.4 Å². The molecule has 83 heavy (non-hydrogen) atoms. The first-order valence-electron chi connectivity index (χ1n) is 29.9. The van der Waals surface area contributed by atoms with Gasteiger partial charge in [-0.05, 0) is 176 Å². The molecule has 1 aromatic heterocycles. The predicted molar refractivity (Wildman–Crippen MR) is 310 cm³/mol. The lowest BCUT2D eigenvalue weighted by Crippen LogP contribution is -2.59. The molecule has 14 rings (SSSR count). The van der Waals surface area contributed by atoms with Crippen molar-refractivity contribution in [2.24, 2.45) is 35.3 Å². The van der Waals surface area contributed by atoms with E-state index in [1.165, 1.54) is 5.57 Å². The van der Waals surface area contributed by atoms with Crippen molar-refractivity contribution in [2.75, 3.05) is 19.8 Å². The Morgan fingerprint density at radius 1 is 1.01 bits per heavy atom. The van der Waals surface area contributed by atoms with E-state index in [4.69, 9.17) is 19.6 Å². The minimum absolute atomic E-state index is 0.00971. The number of hydrogen-bond acceptors (Lipinski definition) is 16. The van der Waals surface area contributed by atoms with Crippen LogP contribution in [0, 0.1) is 29.6 Å². The van der Waals surface area contributed by atoms with Crippen molar-refractivity contribution in [3.8, 4) is 17.2 Å². The second kappa shape index (κ2) is 20.1. The highest BCUT2D eigenvalue weighted by molar-refractivity contribution is 5.93. The summed E-state index contributed by atoms with van der Waals surface area (Å²) in [7, 11) is 0. The number of phenolic OH excluding ortho intramolecular Hbond substituents is 2. The third kappa shape index (κ3) is 8.20. The van der Waals surface area contributed by atoms with Gasteiger partial charge in [0.05, 0.1) is 18.3 Å². The number of aliphatic hydroxyl groups is 5. The Morgan fingerprint density at radius 3 is 2.64 bits per heavy atom. The molecular formula is C67H74N4O12. The molecule has 0 spiro atoms. The van der Waals surface area contributed by atoms with E-state index in [1.807, 2.05) is 25.1 Å². The number of phenols is 2. The first-order valence-corrected chi connectivity index (χ1v) is 29.9. The van der Waals surface area contributed by atoms with Gasteiger partial charge in [0.15, 0.2) is 5.43 Å². The summed E-state index contributed by atoms with van der Waals surface area (Å²) in [6.07, 6.45) is 14.8. The van der Waals surface area contributed by atoms with Crippen LogP contribution in [-0.4, -0.2) is 91.0 Å². The monoisotopic (exact) mass is 1130 g/mol. The molecule has 434 valence electrons. The van der Waals surface area contributed by atoms with Gasteiger partial charge in [-0.15, -0.1) is 0 Å². The number of carbonyl (C=O) groups excluding carboxylic acids is 1. The second-order valence-corrected chi connectivity index (χ2v) is 25.4. The lowest BCUT2D eigenvalue weighted by atomic mass is 9.61. The van der Waals surface area contributed by atoms with Gasteiger partial charge in [0.1, 0.15) is 69.9 Å². The predicted octanol–water partition coefficient (Wildman–Crippen LogP) is 7.22. The summed E-state index contributed by atoms with van der Waals surface area (Å²) in [6.45, 7) is 5.05. The van der Waals surface area contributed by atoms with Gasteiger partial charge in [-0.3, -0.25) is 10.1 Å². The van der Waals surface area contributed by atoms with Gasteiger partial charge in [0.25, 0.3) is 0 Å². The molecule has 4 aromatic rings. The number of hydrogen-bond donors (Lipinski definition) is 11. The summed E-state index contributed by atoms with van der Waals surface area (Å²) >= 11 is 0. The fraction of sp³-hybridized carbons (Fsp3) is 0.463. The molecule has 6 heterocycles. The molecule has 0 radical (unpaired) electrons. The fourth-order valence-corrected chi connectivity index (χ4v) is 17.5. The quantitative estimate of drug-likeness (QED) is 0.0644. The summed E-state index contributed by atoms with van der Waals surface area (Å²) in [5.74, 6) is -4.17. The zero-order chi connectivity index (χ0) is 57.5. The number of fused-ring (bicyclic) bond motifs is 13. The largest absolute Gasteiger partial charge is 0.508 e. The molecule has 3 aromatic carbocycles. The number of nitrogens with one attached hydrogen (secondary N) is 3. The van der Waals surface area contributed by atoms with E-state index in [0.29, 0.717) is 74.9 Å². The molecule has 16 heteroatoms. The Hall–Kier alpha value is -6.92. The standard InChI is InChI=1S/C67H74N4O12/c1-4-50(67(80)27-35-22-37(67)21-34-20-33(17-19-72)59(77)46-7-5-6-41(35)54(34)46)65(79)82-53-26-48-60(78)57-52(76)25-39(29-73)81-62(57)58-55-45-16-18-69-63(68)56(45)43(13-10-32-9-11-38(75)24-47(32)49(55)30-74)42-15-14-40-36(23-51(42)66(53,3)83-61(48)58)28-70-64-44(40)12-8-31(2)71-64/h4-9,11-12,16,21,24-25,28,31,33,35,37,42-43,49,51,53,55,59,64,69-75,77-78,80H,10,13-15,17-20,22-23,26-27,29-30,68H2,1-3H3/b50-4+/t31-,33+,35+,37-,42-,43-,49+,51-,53+,55+,59-,64?,66-,67+/m0/s1. The third-order valence-corrected chi connectivity index (χ3v) is 21.3. The van der Waals surface area contributed by atoms with Crippen LogP contribution < -0.4 is 31.8 Å². The van der Waals surface area contributed by atoms with Gasteiger partial charge < -0.3 is 66.0 Å². The summed E-state index contributed by atoms with van der Waals surface area (Å²) in [4.78, 5) is 30.6. The van der Waals surface area contributed by atoms with Crippen molar-refractivity contribution in [2.45, 2.75) is 145 Å². The first-order chi connectivity index (χ1) is 40.1.